The molecule has 1 heterocycles. The van der Waals surface area contributed by atoms with Crippen LogP contribution in [0.4, 0.5) is 0 Å². The lowest BCUT2D eigenvalue weighted by molar-refractivity contribution is -0.149. The van der Waals surface area contributed by atoms with E-state index < -0.39 is 5.97 Å². The van der Waals surface area contributed by atoms with Crippen LogP contribution in [0.3, 0.4) is 0 Å². The second kappa shape index (κ2) is 5.23. The van der Waals surface area contributed by atoms with Gasteiger partial charge >= 0.3 is 5.97 Å². The smallest absolute Gasteiger partial charge is 0.307 e. The fourth-order valence-corrected chi connectivity index (χ4v) is 7.11. The molecule has 0 aromatic heterocycles. The quantitative estimate of drug-likeness (QED) is 0.752. The summed E-state index contributed by atoms with van der Waals surface area (Å²) in [6.07, 6.45) is 6.03. The van der Waals surface area contributed by atoms with E-state index in [0.29, 0.717) is 24.2 Å². The predicted octanol–water partition coefficient (Wildman–Crippen LogP) is 3.90. The van der Waals surface area contributed by atoms with Crippen molar-refractivity contribution in [3.05, 3.63) is 10.7 Å². The minimum atomic E-state index is -0.632. The van der Waals surface area contributed by atoms with E-state index in [-0.39, 0.29) is 22.7 Å². The van der Waals surface area contributed by atoms with Crippen molar-refractivity contribution in [3.8, 4) is 0 Å². The summed E-state index contributed by atoms with van der Waals surface area (Å²) in [5.41, 5.74) is 0.796. The van der Waals surface area contributed by atoms with Crippen LogP contribution in [-0.2, 0) is 9.59 Å². The van der Waals surface area contributed by atoms with E-state index in [4.69, 9.17) is 11.6 Å². The van der Waals surface area contributed by atoms with E-state index in [1.54, 1.807) is 0 Å². The predicted molar refractivity (Wildman–Crippen MR) is 91.2 cm³/mol. The molecule has 6 unspecified atom stereocenters. The fraction of sp³-hybridized carbons (Fsp3) is 0.789. The Morgan fingerprint density at radius 2 is 1.96 bits per heavy atom. The third-order valence-electron chi connectivity index (χ3n) is 7.95. The zero-order valence-corrected chi connectivity index (χ0v) is 15.2. The van der Waals surface area contributed by atoms with E-state index >= 15 is 0 Å². The van der Waals surface area contributed by atoms with Crippen LogP contribution >= 0.6 is 11.6 Å². The molecule has 1 aliphatic heterocycles. The molecular formula is C19H26ClNO3. The number of carbonyl (C=O) groups excluding carboxylic acids is 1. The number of nitrogens with one attached hydrogen (secondary N) is 1. The Labute approximate surface area is 148 Å². The van der Waals surface area contributed by atoms with E-state index in [2.05, 4.69) is 19.2 Å². The molecule has 3 fully saturated rings. The Hall–Kier alpha value is -1.03. The van der Waals surface area contributed by atoms with Gasteiger partial charge in [0.25, 0.3) is 0 Å². The third-order valence-corrected chi connectivity index (χ3v) is 8.29. The van der Waals surface area contributed by atoms with Gasteiger partial charge in [-0.1, -0.05) is 25.4 Å². The number of carboxylic acid groups (broad SMARTS) is 1. The summed E-state index contributed by atoms with van der Waals surface area (Å²) in [4.78, 5) is 23.6. The summed E-state index contributed by atoms with van der Waals surface area (Å²) >= 11 is 6.65. The summed E-state index contributed by atoms with van der Waals surface area (Å²) < 4.78 is 0. The Balaban J connectivity index is 1.72. The molecule has 0 spiro atoms. The number of carboxylic acids is 1. The molecule has 24 heavy (non-hydrogen) atoms. The maximum Gasteiger partial charge on any atom is 0.307 e. The van der Waals surface area contributed by atoms with E-state index in [1.165, 1.54) is 0 Å². The van der Waals surface area contributed by atoms with Crippen LogP contribution in [0.25, 0.3) is 0 Å². The standard InChI is InChI=1S/C19H26ClNO3/c1-18-7-5-12-10(11(18)3-4-13(18)17(23)24)9-14(20)16-19(12,2)8-6-15(22)21-16/h10-13H,3-9H2,1-2H3,(H,21,22)(H,23,24). The van der Waals surface area contributed by atoms with Crippen molar-refractivity contribution in [2.75, 3.05) is 0 Å². The molecule has 0 aromatic carbocycles. The van der Waals surface area contributed by atoms with Gasteiger partial charge in [-0.05, 0) is 61.7 Å². The van der Waals surface area contributed by atoms with Crippen molar-refractivity contribution in [1.82, 2.24) is 5.32 Å². The van der Waals surface area contributed by atoms with E-state index in [9.17, 15) is 14.7 Å². The summed E-state index contributed by atoms with van der Waals surface area (Å²) in [6, 6.07) is 0. The van der Waals surface area contributed by atoms with Crippen molar-refractivity contribution in [1.29, 1.82) is 0 Å². The first-order valence-corrected chi connectivity index (χ1v) is 9.57. The molecule has 1 saturated heterocycles. The number of allylic oxidation sites excluding steroid dienone is 2. The Morgan fingerprint density at radius 3 is 2.67 bits per heavy atom. The molecule has 5 heteroatoms. The van der Waals surface area contributed by atoms with Crippen LogP contribution in [0.1, 0.15) is 58.8 Å². The molecule has 1 amide bonds. The molecule has 4 aliphatic rings. The van der Waals surface area contributed by atoms with Gasteiger partial charge in [-0.15, -0.1) is 0 Å². The van der Waals surface area contributed by atoms with E-state index in [0.717, 1.165) is 49.3 Å². The number of aliphatic carboxylic acids is 1. The van der Waals surface area contributed by atoms with Gasteiger partial charge in [0.05, 0.1) is 5.92 Å². The molecule has 0 aromatic rings. The minimum absolute atomic E-state index is 0.0590. The molecular weight excluding hydrogens is 326 g/mol. The number of hydrogen-bond acceptors (Lipinski definition) is 2. The fourth-order valence-electron chi connectivity index (χ4n) is 6.67. The van der Waals surface area contributed by atoms with Gasteiger partial charge in [-0.25, -0.2) is 0 Å². The molecule has 3 aliphatic carbocycles. The van der Waals surface area contributed by atoms with Crippen molar-refractivity contribution in [2.24, 2.45) is 34.5 Å². The van der Waals surface area contributed by atoms with Gasteiger partial charge in [0, 0.05) is 22.6 Å². The van der Waals surface area contributed by atoms with Crippen LogP contribution < -0.4 is 5.32 Å². The van der Waals surface area contributed by atoms with Gasteiger partial charge in [0.1, 0.15) is 0 Å². The normalized spacial score (nSPS) is 47.5. The highest BCUT2D eigenvalue weighted by Gasteiger charge is 2.61. The second-order valence-corrected chi connectivity index (χ2v) is 9.30. The van der Waals surface area contributed by atoms with E-state index in [1.807, 2.05) is 0 Å². The van der Waals surface area contributed by atoms with Crippen LogP contribution in [0.5, 0.6) is 0 Å². The maximum atomic E-state index is 11.8. The molecule has 4 rings (SSSR count). The average molecular weight is 352 g/mol. The minimum Gasteiger partial charge on any atom is -0.481 e. The number of rotatable bonds is 1. The molecule has 132 valence electrons. The van der Waals surface area contributed by atoms with Gasteiger partial charge in [0.2, 0.25) is 5.91 Å². The highest BCUT2D eigenvalue weighted by molar-refractivity contribution is 6.30. The highest BCUT2D eigenvalue weighted by Crippen LogP contribution is 2.66. The Kier molecular flexibility index (Phi) is 3.58. The lowest BCUT2D eigenvalue weighted by Gasteiger charge is -2.57. The molecule has 4 nitrogen and oxygen atoms in total. The zero-order chi connectivity index (χ0) is 17.3. The van der Waals surface area contributed by atoms with Crippen LogP contribution in [0.2, 0.25) is 0 Å². The third kappa shape index (κ3) is 2.04. The zero-order valence-electron chi connectivity index (χ0n) is 14.4. The summed E-state index contributed by atoms with van der Waals surface area (Å²) in [5.74, 6) is 0.610. The first-order valence-electron chi connectivity index (χ1n) is 9.19. The number of fused-ring (bicyclic) bond motifs is 5. The maximum absolute atomic E-state index is 11.8. The topological polar surface area (TPSA) is 66.4 Å². The SMILES string of the molecule is CC12CCC(=O)NC1=C(Cl)CC1C2CCC2(C)C(C(=O)O)CCC12. The van der Waals surface area contributed by atoms with Crippen LogP contribution in [0.15, 0.2) is 10.7 Å². The van der Waals surface area contributed by atoms with Gasteiger partial charge in [0.15, 0.2) is 0 Å². The molecule has 2 saturated carbocycles. The second-order valence-electron chi connectivity index (χ2n) is 8.84. The van der Waals surface area contributed by atoms with Crippen molar-refractivity contribution in [2.45, 2.75) is 58.8 Å². The highest BCUT2D eigenvalue weighted by atomic mass is 35.5. The number of amides is 1. The Morgan fingerprint density at radius 1 is 1.21 bits per heavy atom. The number of carbonyl (C=O) groups is 2. The lowest BCUT2D eigenvalue weighted by Crippen LogP contribution is -2.54. The molecule has 2 N–H and O–H groups in total. The largest absolute Gasteiger partial charge is 0.481 e. The number of halogens is 1. The monoisotopic (exact) mass is 351 g/mol. The molecule has 6 atom stereocenters. The van der Waals surface area contributed by atoms with Gasteiger partial charge in [-0.2, -0.15) is 0 Å². The van der Waals surface area contributed by atoms with Gasteiger partial charge < -0.3 is 10.4 Å². The summed E-state index contributed by atoms with van der Waals surface area (Å²) in [6.45, 7) is 4.45. The number of hydrogen-bond donors (Lipinski definition) is 2. The Bertz CT molecular complexity index is 645. The summed E-state index contributed by atoms with van der Waals surface area (Å²) in [5, 5.41) is 13.5. The lowest BCUT2D eigenvalue weighted by atomic mass is 9.49. The van der Waals surface area contributed by atoms with Crippen LogP contribution in [-0.4, -0.2) is 17.0 Å². The first kappa shape index (κ1) is 16.4. The van der Waals surface area contributed by atoms with Crippen molar-refractivity contribution < 1.29 is 14.7 Å². The molecule has 0 radical (unpaired) electrons. The van der Waals surface area contributed by atoms with Crippen LogP contribution in [0, 0.1) is 34.5 Å². The number of piperidine rings is 1. The average Bonchev–Trinajstić information content (AvgIpc) is 2.87. The van der Waals surface area contributed by atoms with Crippen molar-refractivity contribution in [3.63, 3.8) is 0 Å². The molecule has 0 bridgehead atoms. The van der Waals surface area contributed by atoms with Gasteiger partial charge in [-0.3, -0.25) is 9.59 Å². The summed E-state index contributed by atoms with van der Waals surface area (Å²) in [7, 11) is 0. The van der Waals surface area contributed by atoms with Crippen molar-refractivity contribution >= 4 is 23.5 Å². The first-order chi connectivity index (χ1) is 11.3.